The first kappa shape index (κ1) is 25.8. The molecule has 2 aliphatic heterocycles. The second kappa shape index (κ2) is 10.8. The summed E-state index contributed by atoms with van der Waals surface area (Å²) in [6.07, 6.45) is 1.97. The minimum absolute atomic E-state index is 0.0543. The molecular formula is C26H36N4O6. The van der Waals surface area contributed by atoms with Gasteiger partial charge in [0.05, 0.1) is 32.4 Å². The van der Waals surface area contributed by atoms with Crippen LogP contribution in [0.25, 0.3) is 0 Å². The molecule has 1 aromatic rings. The third kappa shape index (κ3) is 5.13. The van der Waals surface area contributed by atoms with Crippen LogP contribution < -0.4 is 14.8 Å². The number of carbonyl (C=O) groups excluding carboxylic acids is 3. The van der Waals surface area contributed by atoms with Crippen molar-refractivity contribution < 1.29 is 28.6 Å². The Labute approximate surface area is 212 Å². The fourth-order valence-electron chi connectivity index (χ4n) is 4.97. The van der Waals surface area contributed by atoms with Crippen molar-refractivity contribution in [3.05, 3.63) is 35.0 Å². The fraction of sp³-hybridized carbons (Fsp3) is 0.577. The Kier molecular flexibility index (Phi) is 7.73. The molecule has 1 saturated heterocycles. The van der Waals surface area contributed by atoms with E-state index in [1.54, 1.807) is 39.3 Å². The number of amides is 3. The average Bonchev–Trinajstić information content (AvgIpc) is 3.71. The monoisotopic (exact) mass is 500 g/mol. The van der Waals surface area contributed by atoms with Gasteiger partial charge in [0, 0.05) is 62.5 Å². The zero-order valence-corrected chi connectivity index (χ0v) is 21.7. The van der Waals surface area contributed by atoms with E-state index in [1.807, 2.05) is 4.90 Å². The van der Waals surface area contributed by atoms with E-state index in [0.717, 1.165) is 12.8 Å². The Hall–Kier alpha value is -3.27. The molecule has 3 amide bonds. The largest absolute Gasteiger partial charge is 0.497 e. The van der Waals surface area contributed by atoms with E-state index in [-0.39, 0.29) is 30.5 Å². The molecule has 1 saturated carbocycles. The predicted octanol–water partition coefficient (Wildman–Crippen LogP) is 2.16. The third-order valence-electron chi connectivity index (χ3n) is 7.12. The highest BCUT2D eigenvalue weighted by atomic mass is 16.5. The molecule has 2 fully saturated rings. The lowest BCUT2D eigenvalue weighted by Crippen LogP contribution is -2.56. The smallest absolute Gasteiger partial charge is 0.338 e. The summed E-state index contributed by atoms with van der Waals surface area (Å²) in [6.45, 7) is 6.34. The molecule has 36 heavy (non-hydrogen) atoms. The molecule has 0 aromatic heterocycles. The molecule has 1 aromatic carbocycles. The zero-order chi connectivity index (χ0) is 26.0. The number of hydrogen-bond donors (Lipinski definition) is 1. The lowest BCUT2D eigenvalue weighted by Gasteiger charge is -2.42. The summed E-state index contributed by atoms with van der Waals surface area (Å²) in [4.78, 5) is 44.6. The summed E-state index contributed by atoms with van der Waals surface area (Å²) in [7, 11) is 4.75. The van der Waals surface area contributed by atoms with Crippen molar-refractivity contribution in [3.63, 3.8) is 0 Å². The zero-order valence-electron chi connectivity index (χ0n) is 21.7. The Morgan fingerprint density at radius 3 is 2.50 bits per heavy atom. The van der Waals surface area contributed by atoms with Gasteiger partial charge in [0.15, 0.2) is 0 Å². The number of urea groups is 1. The van der Waals surface area contributed by atoms with Crippen LogP contribution >= 0.6 is 0 Å². The first-order valence-corrected chi connectivity index (χ1v) is 12.5. The lowest BCUT2D eigenvalue weighted by atomic mass is 9.93. The van der Waals surface area contributed by atoms with Gasteiger partial charge in [-0.15, -0.1) is 0 Å². The van der Waals surface area contributed by atoms with Gasteiger partial charge in [-0.3, -0.25) is 14.6 Å². The number of nitrogens with one attached hydrogen (secondary N) is 1. The predicted molar refractivity (Wildman–Crippen MR) is 133 cm³/mol. The number of hydrogen-bond acceptors (Lipinski definition) is 7. The maximum absolute atomic E-state index is 13.3. The number of carbonyl (C=O) groups is 3. The Balaban J connectivity index is 1.67. The minimum Gasteiger partial charge on any atom is -0.497 e. The van der Waals surface area contributed by atoms with E-state index < -0.39 is 12.0 Å². The summed E-state index contributed by atoms with van der Waals surface area (Å²) in [5, 5.41) is 2.94. The van der Waals surface area contributed by atoms with Crippen LogP contribution in [0.2, 0.25) is 0 Å². The summed E-state index contributed by atoms with van der Waals surface area (Å²) in [5.74, 6) is 1.04. The standard InChI is InChI=1S/C26H36N4O6/c1-6-36-25(32)22-20(15-29-11-12-30(16(2)14-29)24(31)17-7-8-17)28(3)26(33)27-23(22)19-10-9-18(34-4)13-21(19)35-5/h9-10,13,16-17,23H,6-8,11-12,14-15H2,1-5H3,(H,27,33). The van der Waals surface area contributed by atoms with Gasteiger partial charge < -0.3 is 24.4 Å². The van der Waals surface area contributed by atoms with E-state index in [0.29, 0.717) is 54.5 Å². The maximum atomic E-state index is 13.3. The molecule has 0 bridgehead atoms. The molecule has 2 heterocycles. The molecule has 4 rings (SSSR count). The Morgan fingerprint density at radius 2 is 1.89 bits per heavy atom. The van der Waals surface area contributed by atoms with Crippen molar-refractivity contribution in [3.8, 4) is 11.5 Å². The Morgan fingerprint density at radius 1 is 1.14 bits per heavy atom. The van der Waals surface area contributed by atoms with E-state index >= 15 is 0 Å². The first-order valence-electron chi connectivity index (χ1n) is 12.5. The van der Waals surface area contributed by atoms with Crippen molar-refractivity contribution in [2.75, 3.05) is 54.1 Å². The van der Waals surface area contributed by atoms with Crippen LogP contribution in [0.5, 0.6) is 11.5 Å². The van der Waals surface area contributed by atoms with E-state index in [9.17, 15) is 14.4 Å². The van der Waals surface area contributed by atoms with Crippen LogP contribution in [-0.4, -0.2) is 92.7 Å². The van der Waals surface area contributed by atoms with Crippen LogP contribution in [0.1, 0.15) is 38.3 Å². The summed E-state index contributed by atoms with van der Waals surface area (Å²) < 4.78 is 16.3. The number of methoxy groups -OCH3 is 2. The van der Waals surface area contributed by atoms with E-state index in [1.165, 1.54) is 12.0 Å². The molecule has 2 unspecified atom stereocenters. The number of nitrogens with zero attached hydrogens (tertiary/aromatic N) is 3. The molecule has 10 nitrogen and oxygen atoms in total. The summed E-state index contributed by atoms with van der Waals surface area (Å²) in [5.41, 5.74) is 1.58. The van der Waals surface area contributed by atoms with Crippen LogP contribution in [-0.2, 0) is 14.3 Å². The number of benzene rings is 1. The van der Waals surface area contributed by atoms with Gasteiger partial charge in [0.2, 0.25) is 5.91 Å². The van der Waals surface area contributed by atoms with Crippen LogP contribution in [0.15, 0.2) is 29.5 Å². The SMILES string of the molecule is CCOC(=O)C1=C(CN2CCN(C(=O)C3CC3)C(C)C2)N(C)C(=O)NC1c1ccc(OC)cc1OC. The van der Waals surface area contributed by atoms with Crippen molar-refractivity contribution >= 4 is 17.9 Å². The van der Waals surface area contributed by atoms with Gasteiger partial charge in [-0.2, -0.15) is 0 Å². The normalized spacial score (nSPS) is 22.9. The van der Waals surface area contributed by atoms with Crippen LogP contribution in [0.3, 0.4) is 0 Å². The van der Waals surface area contributed by atoms with Gasteiger partial charge in [-0.1, -0.05) is 0 Å². The fourth-order valence-corrected chi connectivity index (χ4v) is 4.97. The minimum atomic E-state index is -0.751. The van der Waals surface area contributed by atoms with Crippen molar-refractivity contribution in [1.29, 1.82) is 0 Å². The topological polar surface area (TPSA) is 101 Å². The third-order valence-corrected chi connectivity index (χ3v) is 7.12. The average molecular weight is 501 g/mol. The van der Waals surface area contributed by atoms with Crippen molar-refractivity contribution in [2.45, 2.75) is 38.8 Å². The number of piperazine rings is 1. The van der Waals surface area contributed by atoms with Crippen LogP contribution in [0, 0.1) is 5.92 Å². The second-order valence-corrected chi connectivity index (χ2v) is 9.52. The second-order valence-electron chi connectivity index (χ2n) is 9.52. The number of ether oxygens (including phenoxy) is 3. The number of rotatable bonds is 8. The molecule has 0 radical (unpaired) electrons. The molecule has 3 aliphatic rings. The van der Waals surface area contributed by atoms with E-state index in [2.05, 4.69) is 17.1 Å². The van der Waals surface area contributed by atoms with Crippen LogP contribution in [0.4, 0.5) is 4.79 Å². The van der Waals surface area contributed by atoms with Gasteiger partial charge >= 0.3 is 12.0 Å². The highest BCUT2D eigenvalue weighted by molar-refractivity contribution is 5.95. The highest BCUT2D eigenvalue weighted by Gasteiger charge is 2.41. The molecular weight excluding hydrogens is 464 g/mol. The molecule has 2 atom stereocenters. The first-order chi connectivity index (χ1) is 17.3. The molecule has 196 valence electrons. The quantitative estimate of drug-likeness (QED) is 0.546. The van der Waals surface area contributed by atoms with E-state index in [4.69, 9.17) is 14.2 Å². The molecule has 0 spiro atoms. The highest BCUT2D eigenvalue weighted by Crippen LogP contribution is 2.38. The van der Waals surface area contributed by atoms with Gasteiger partial charge in [-0.05, 0) is 38.8 Å². The van der Waals surface area contributed by atoms with Gasteiger partial charge in [0.25, 0.3) is 0 Å². The Bertz CT molecular complexity index is 1050. The number of esters is 1. The van der Waals surface area contributed by atoms with Gasteiger partial charge in [0.1, 0.15) is 11.5 Å². The summed E-state index contributed by atoms with van der Waals surface area (Å²) in [6, 6.07) is 4.26. The van der Waals surface area contributed by atoms with Gasteiger partial charge in [-0.25, -0.2) is 9.59 Å². The summed E-state index contributed by atoms with van der Waals surface area (Å²) >= 11 is 0. The maximum Gasteiger partial charge on any atom is 0.338 e. The lowest BCUT2D eigenvalue weighted by molar-refractivity contribution is -0.139. The van der Waals surface area contributed by atoms with Crippen molar-refractivity contribution in [1.82, 2.24) is 20.0 Å². The molecule has 1 N–H and O–H groups in total. The molecule has 1 aliphatic carbocycles. The number of likely N-dealkylation sites (N-methyl/N-ethyl adjacent to an activating group) is 1. The molecule has 10 heteroatoms. The van der Waals surface area contributed by atoms with Crippen molar-refractivity contribution in [2.24, 2.45) is 5.92 Å².